The van der Waals surface area contributed by atoms with E-state index >= 15 is 0 Å². The van der Waals surface area contributed by atoms with Gasteiger partial charge in [0, 0.05) is 63.9 Å². The van der Waals surface area contributed by atoms with Gasteiger partial charge in [-0.2, -0.15) is 0 Å². The third-order valence-electron chi connectivity index (χ3n) is 7.23. The van der Waals surface area contributed by atoms with Crippen LogP contribution in [-0.4, -0.2) is 63.6 Å². The van der Waals surface area contributed by atoms with E-state index in [4.69, 9.17) is 4.74 Å². The Kier molecular flexibility index (Phi) is 12.8. The first-order chi connectivity index (χ1) is 18.4. The zero-order chi connectivity index (χ0) is 27.1. The largest absolute Gasteiger partial charge is 0.496 e. The number of methoxy groups -OCH3 is 1. The Balaban J connectivity index is 0.00000280. The molecule has 2 atom stereocenters. The van der Waals surface area contributed by atoms with E-state index in [9.17, 15) is 9.59 Å². The van der Waals surface area contributed by atoms with Gasteiger partial charge in [-0.05, 0) is 47.4 Å². The van der Waals surface area contributed by atoms with Crippen LogP contribution in [0.4, 0.5) is 5.69 Å². The molecule has 0 aliphatic carbocycles. The number of carbonyl (C=O) groups is 2. The minimum Gasteiger partial charge on any atom is -0.496 e. The fourth-order valence-corrected chi connectivity index (χ4v) is 5.06. The van der Waals surface area contributed by atoms with E-state index < -0.39 is 0 Å². The number of anilines is 1. The SMILES string of the molecule is COc1ccc(-c2ccc(N(C)C)cc2)cc1CN[C@H]1CCN(C(=O)CNC(C)=O)C[C@H]1c1ccccc1.Cl.Cl. The summed E-state index contributed by atoms with van der Waals surface area (Å²) in [6.45, 7) is 3.37. The molecule has 0 aromatic heterocycles. The molecule has 4 rings (SSSR count). The normalized spacial score (nSPS) is 16.2. The van der Waals surface area contributed by atoms with Gasteiger partial charge < -0.3 is 25.2 Å². The fraction of sp³-hybridized carbons (Fsp3) is 0.355. The number of nitrogens with zero attached hydrogens (tertiary/aromatic N) is 2. The van der Waals surface area contributed by atoms with Crippen molar-refractivity contribution in [3.8, 4) is 16.9 Å². The van der Waals surface area contributed by atoms with Crippen molar-refractivity contribution in [1.82, 2.24) is 15.5 Å². The average molecular weight is 588 g/mol. The zero-order valence-corrected chi connectivity index (χ0v) is 25.2. The van der Waals surface area contributed by atoms with Gasteiger partial charge in [0.25, 0.3) is 0 Å². The smallest absolute Gasteiger partial charge is 0.241 e. The van der Waals surface area contributed by atoms with Crippen LogP contribution in [0.25, 0.3) is 11.1 Å². The number of halogens is 2. The highest BCUT2D eigenvalue weighted by molar-refractivity contribution is 5.85. The van der Waals surface area contributed by atoms with Crippen LogP contribution in [-0.2, 0) is 16.1 Å². The maximum absolute atomic E-state index is 12.8. The Morgan fingerprint density at radius 3 is 2.27 bits per heavy atom. The van der Waals surface area contributed by atoms with Crippen molar-refractivity contribution in [2.24, 2.45) is 0 Å². The van der Waals surface area contributed by atoms with Crippen molar-refractivity contribution in [2.75, 3.05) is 45.7 Å². The topological polar surface area (TPSA) is 73.9 Å². The quantitative estimate of drug-likeness (QED) is 0.374. The molecule has 1 fully saturated rings. The third kappa shape index (κ3) is 8.37. The van der Waals surface area contributed by atoms with E-state index in [1.165, 1.54) is 12.5 Å². The molecule has 1 saturated heterocycles. The van der Waals surface area contributed by atoms with Crippen molar-refractivity contribution in [3.63, 3.8) is 0 Å². The minimum absolute atomic E-state index is 0. The molecule has 0 bridgehead atoms. The van der Waals surface area contributed by atoms with Crippen molar-refractivity contribution in [2.45, 2.75) is 31.8 Å². The Labute approximate surface area is 250 Å². The second kappa shape index (κ2) is 15.5. The van der Waals surface area contributed by atoms with Gasteiger partial charge in [0.05, 0.1) is 13.7 Å². The number of rotatable bonds is 9. The first-order valence-corrected chi connectivity index (χ1v) is 13.1. The van der Waals surface area contributed by atoms with Gasteiger partial charge in [0.1, 0.15) is 5.75 Å². The standard InChI is InChI=1S/C31H38N4O3.2ClH/c1-22(36)32-20-31(37)35-17-16-29(28(21-35)24-8-6-5-7-9-24)33-19-26-18-25(12-15-30(26)38-4)23-10-13-27(14-11-23)34(2)3;;/h5-15,18,28-29,33H,16-17,19-21H2,1-4H3,(H,32,36);2*1H/t28-,29-;;/m0../s1. The summed E-state index contributed by atoms with van der Waals surface area (Å²) in [6, 6.07) is 25.4. The molecule has 216 valence electrons. The van der Waals surface area contributed by atoms with Crippen LogP contribution >= 0.6 is 24.8 Å². The number of benzene rings is 3. The van der Waals surface area contributed by atoms with Gasteiger partial charge in [0.15, 0.2) is 0 Å². The second-order valence-electron chi connectivity index (χ2n) is 10.0. The van der Waals surface area contributed by atoms with Crippen molar-refractivity contribution < 1.29 is 14.3 Å². The molecule has 9 heteroatoms. The predicted octanol–water partition coefficient (Wildman–Crippen LogP) is 4.88. The molecule has 1 aliphatic heterocycles. The zero-order valence-electron chi connectivity index (χ0n) is 23.6. The molecule has 40 heavy (non-hydrogen) atoms. The number of nitrogens with one attached hydrogen (secondary N) is 2. The van der Waals surface area contributed by atoms with Gasteiger partial charge in [-0.25, -0.2) is 0 Å². The second-order valence-corrected chi connectivity index (χ2v) is 10.0. The fourth-order valence-electron chi connectivity index (χ4n) is 5.06. The lowest BCUT2D eigenvalue weighted by atomic mass is 9.85. The molecule has 0 radical (unpaired) electrons. The molecule has 3 aromatic rings. The maximum Gasteiger partial charge on any atom is 0.241 e. The highest BCUT2D eigenvalue weighted by Gasteiger charge is 2.32. The third-order valence-corrected chi connectivity index (χ3v) is 7.23. The number of piperidine rings is 1. The number of ether oxygens (including phenoxy) is 1. The van der Waals surface area contributed by atoms with Crippen LogP contribution in [0.5, 0.6) is 5.75 Å². The first kappa shape index (κ1) is 32.9. The number of hydrogen-bond acceptors (Lipinski definition) is 5. The van der Waals surface area contributed by atoms with E-state index in [0.717, 1.165) is 34.5 Å². The van der Waals surface area contributed by atoms with Crippen LogP contribution in [0.1, 0.15) is 30.4 Å². The number of likely N-dealkylation sites (tertiary alicyclic amines) is 1. The van der Waals surface area contributed by atoms with E-state index in [1.54, 1.807) is 7.11 Å². The Bertz CT molecular complexity index is 1240. The molecule has 2 N–H and O–H groups in total. The summed E-state index contributed by atoms with van der Waals surface area (Å²) in [4.78, 5) is 28.0. The van der Waals surface area contributed by atoms with Crippen LogP contribution in [0.15, 0.2) is 72.8 Å². The molecule has 0 saturated carbocycles. The van der Waals surface area contributed by atoms with Crippen LogP contribution in [0.3, 0.4) is 0 Å². The van der Waals surface area contributed by atoms with Crippen LogP contribution in [0, 0.1) is 0 Å². The van der Waals surface area contributed by atoms with E-state index in [2.05, 4.69) is 64.1 Å². The van der Waals surface area contributed by atoms with Crippen LogP contribution in [0.2, 0.25) is 0 Å². The van der Waals surface area contributed by atoms with E-state index in [1.807, 2.05) is 43.3 Å². The lowest BCUT2D eigenvalue weighted by Gasteiger charge is -2.39. The molecular weight excluding hydrogens is 547 g/mol. The highest BCUT2D eigenvalue weighted by Crippen LogP contribution is 2.31. The lowest BCUT2D eigenvalue weighted by molar-refractivity contribution is -0.133. The maximum atomic E-state index is 12.8. The van der Waals surface area contributed by atoms with E-state index in [-0.39, 0.29) is 55.1 Å². The average Bonchev–Trinajstić information content (AvgIpc) is 2.95. The molecule has 1 aliphatic rings. The summed E-state index contributed by atoms with van der Waals surface area (Å²) < 4.78 is 5.70. The number of amides is 2. The van der Waals surface area contributed by atoms with Gasteiger partial charge in [-0.3, -0.25) is 9.59 Å². The molecule has 2 amide bonds. The highest BCUT2D eigenvalue weighted by atomic mass is 35.5. The van der Waals surface area contributed by atoms with Crippen LogP contribution < -0.4 is 20.3 Å². The number of hydrogen-bond donors (Lipinski definition) is 2. The minimum atomic E-state index is -0.195. The monoisotopic (exact) mass is 586 g/mol. The molecule has 0 spiro atoms. The van der Waals surface area contributed by atoms with Crippen molar-refractivity contribution in [1.29, 1.82) is 0 Å². The van der Waals surface area contributed by atoms with Crippen molar-refractivity contribution in [3.05, 3.63) is 83.9 Å². The molecule has 7 nitrogen and oxygen atoms in total. The molecule has 3 aromatic carbocycles. The molecular formula is C31H40Cl2N4O3. The van der Waals surface area contributed by atoms with Gasteiger partial charge in [0.2, 0.25) is 11.8 Å². The first-order valence-electron chi connectivity index (χ1n) is 13.1. The summed E-state index contributed by atoms with van der Waals surface area (Å²) in [6.07, 6.45) is 0.819. The summed E-state index contributed by atoms with van der Waals surface area (Å²) >= 11 is 0. The predicted molar refractivity (Wildman–Crippen MR) is 167 cm³/mol. The Morgan fingerprint density at radius 2 is 1.65 bits per heavy atom. The van der Waals surface area contributed by atoms with E-state index in [0.29, 0.717) is 19.6 Å². The summed E-state index contributed by atoms with van der Waals surface area (Å²) in [5, 5.41) is 6.41. The molecule has 1 heterocycles. The Morgan fingerprint density at radius 1 is 0.975 bits per heavy atom. The van der Waals surface area contributed by atoms with Gasteiger partial charge in [-0.15, -0.1) is 24.8 Å². The van der Waals surface area contributed by atoms with Crippen molar-refractivity contribution >= 4 is 42.3 Å². The summed E-state index contributed by atoms with van der Waals surface area (Å²) in [7, 11) is 5.78. The summed E-state index contributed by atoms with van der Waals surface area (Å²) in [5.41, 5.74) is 5.76. The van der Waals surface area contributed by atoms with Gasteiger partial charge in [-0.1, -0.05) is 48.5 Å². The molecule has 0 unspecified atom stereocenters. The van der Waals surface area contributed by atoms with Gasteiger partial charge >= 0.3 is 0 Å². The Hall–Kier alpha value is -3.26. The number of carbonyl (C=O) groups excluding carboxylic acids is 2. The lowest BCUT2D eigenvalue weighted by Crippen LogP contribution is -2.51. The summed E-state index contributed by atoms with van der Waals surface area (Å²) in [5.74, 6) is 0.748.